The Morgan fingerprint density at radius 3 is 2.73 bits per heavy atom. The summed E-state index contributed by atoms with van der Waals surface area (Å²) in [6.07, 6.45) is 4.45. The molecule has 6 nitrogen and oxygen atoms in total. The molecular formula is C9H11N3O3. The van der Waals surface area contributed by atoms with E-state index in [2.05, 4.69) is 14.8 Å². The van der Waals surface area contributed by atoms with Crippen molar-refractivity contribution in [3.63, 3.8) is 0 Å². The van der Waals surface area contributed by atoms with E-state index < -0.39 is 11.9 Å². The Bertz CT molecular complexity index is 345. The first-order valence-corrected chi connectivity index (χ1v) is 4.80. The maximum atomic E-state index is 11.0. The zero-order valence-corrected chi connectivity index (χ0v) is 8.13. The van der Waals surface area contributed by atoms with Gasteiger partial charge in [-0.2, -0.15) is 5.10 Å². The molecule has 2 heterocycles. The van der Waals surface area contributed by atoms with Gasteiger partial charge in [0.25, 0.3) is 0 Å². The fourth-order valence-corrected chi connectivity index (χ4v) is 1.62. The molecule has 0 aliphatic carbocycles. The first kappa shape index (κ1) is 9.82. The number of esters is 2. The van der Waals surface area contributed by atoms with E-state index in [1.54, 1.807) is 11.0 Å². The zero-order chi connectivity index (χ0) is 10.7. The molecular weight excluding hydrogens is 198 g/mol. The summed E-state index contributed by atoms with van der Waals surface area (Å²) in [5, 5.41) is 3.94. The van der Waals surface area contributed by atoms with E-state index in [1.165, 1.54) is 6.33 Å². The quantitative estimate of drug-likeness (QED) is 0.523. The van der Waals surface area contributed by atoms with Crippen LogP contribution in [0.5, 0.6) is 0 Å². The van der Waals surface area contributed by atoms with Gasteiger partial charge in [-0.1, -0.05) is 0 Å². The average Bonchev–Trinajstić information content (AvgIpc) is 2.65. The second kappa shape index (κ2) is 4.20. The molecule has 0 radical (unpaired) electrons. The molecule has 6 heteroatoms. The van der Waals surface area contributed by atoms with Gasteiger partial charge in [0.2, 0.25) is 0 Å². The second-order valence-electron chi connectivity index (χ2n) is 3.57. The van der Waals surface area contributed by atoms with E-state index in [1.807, 2.05) is 0 Å². The number of rotatable bonds is 3. The molecule has 1 aromatic rings. The van der Waals surface area contributed by atoms with Crippen LogP contribution in [0.1, 0.15) is 19.3 Å². The molecule has 1 saturated heterocycles. The number of hydrogen-bond acceptors (Lipinski definition) is 5. The Labute approximate surface area is 86.2 Å². The highest BCUT2D eigenvalue weighted by Gasteiger charge is 2.26. The molecule has 0 amide bonds. The number of aryl methyl sites for hydroxylation is 1. The van der Waals surface area contributed by atoms with Gasteiger partial charge >= 0.3 is 11.9 Å². The van der Waals surface area contributed by atoms with Gasteiger partial charge < -0.3 is 4.74 Å². The van der Waals surface area contributed by atoms with Gasteiger partial charge in [0.15, 0.2) is 0 Å². The van der Waals surface area contributed by atoms with Crippen molar-refractivity contribution in [1.82, 2.24) is 14.8 Å². The van der Waals surface area contributed by atoms with E-state index in [-0.39, 0.29) is 5.92 Å². The fourth-order valence-electron chi connectivity index (χ4n) is 1.62. The first-order valence-electron chi connectivity index (χ1n) is 4.80. The van der Waals surface area contributed by atoms with Crippen molar-refractivity contribution in [3.8, 4) is 0 Å². The summed E-state index contributed by atoms with van der Waals surface area (Å²) in [4.78, 5) is 25.7. The number of carbonyl (C=O) groups is 2. The molecule has 0 saturated carbocycles. The van der Waals surface area contributed by atoms with Crippen molar-refractivity contribution in [1.29, 1.82) is 0 Å². The minimum Gasteiger partial charge on any atom is -0.393 e. The Balaban J connectivity index is 1.84. The molecule has 0 atom stereocenters. The summed E-state index contributed by atoms with van der Waals surface area (Å²) in [5.74, 6) is -0.771. The minimum absolute atomic E-state index is 0.0722. The molecule has 1 aliphatic rings. The Morgan fingerprint density at radius 2 is 2.13 bits per heavy atom. The van der Waals surface area contributed by atoms with Gasteiger partial charge in [0, 0.05) is 19.4 Å². The van der Waals surface area contributed by atoms with Gasteiger partial charge in [-0.25, -0.2) is 4.98 Å². The molecule has 1 aliphatic heterocycles. The predicted octanol–water partition coefficient (Wildman–Crippen LogP) is 0.148. The number of carbonyl (C=O) groups excluding carboxylic acids is 2. The molecule has 15 heavy (non-hydrogen) atoms. The smallest absolute Gasteiger partial charge is 0.313 e. The van der Waals surface area contributed by atoms with Crippen LogP contribution in [0.15, 0.2) is 12.7 Å². The standard InChI is InChI=1S/C9H11N3O3/c13-8-3-7(4-9(14)15-8)1-2-12-6-10-5-11-12/h5-7H,1-4H2. The maximum absolute atomic E-state index is 11.0. The highest BCUT2D eigenvalue weighted by Crippen LogP contribution is 2.20. The number of ether oxygens (including phenoxy) is 1. The van der Waals surface area contributed by atoms with Crippen LogP contribution in [-0.2, 0) is 20.9 Å². The summed E-state index contributed by atoms with van der Waals surface area (Å²) in [7, 11) is 0. The Hall–Kier alpha value is -1.72. The third-order valence-corrected chi connectivity index (χ3v) is 2.37. The average molecular weight is 209 g/mol. The van der Waals surface area contributed by atoms with Crippen LogP contribution in [0.25, 0.3) is 0 Å². The SMILES string of the molecule is O=C1CC(CCn2cncn2)CC(=O)O1. The lowest BCUT2D eigenvalue weighted by Crippen LogP contribution is -2.26. The topological polar surface area (TPSA) is 74.1 Å². The minimum atomic E-state index is -0.421. The van der Waals surface area contributed by atoms with E-state index in [0.29, 0.717) is 19.4 Å². The van der Waals surface area contributed by atoms with E-state index in [0.717, 1.165) is 6.42 Å². The number of aromatic nitrogens is 3. The van der Waals surface area contributed by atoms with Gasteiger partial charge in [0.1, 0.15) is 12.7 Å². The van der Waals surface area contributed by atoms with Crippen molar-refractivity contribution in [3.05, 3.63) is 12.7 Å². The predicted molar refractivity (Wildman–Crippen MR) is 48.5 cm³/mol. The highest BCUT2D eigenvalue weighted by molar-refractivity contribution is 5.88. The summed E-state index contributed by atoms with van der Waals surface area (Å²) in [5.41, 5.74) is 0. The third-order valence-electron chi connectivity index (χ3n) is 2.37. The van der Waals surface area contributed by atoms with Crippen LogP contribution in [0.4, 0.5) is 0 Å². The Morgan fingerprint density at radius 1 is 1.40 bits per heavy atom. The monoisotopic (exact) mass is 209 g/mol. The van der Waals surface area contributed by atoms with Crippen LogP contribution in [0, 0.1) is 5.92 Å². The maximum Gasteiger partial charge on any atom is 0.313 e. The lowest BCUT2D eigenvalue weighted by atomic mass is 9.96. The third kappa shape index (κ3) is 2.61. The second-order valence-corrected chi connectivity index (χ2v) is 3.57. The number of nitrogens with zero attached hydrogens (tertiary/aromatic N) is 3. The van der Waals surface area contributed by atoms with Crippen molar-refractivity contribution >= 4 is 11.9 Å². The molecule has 80 valence electrons. The van der Waals surface area contributed by atoms with Gasteiger partial charge in [-0.3, -0.25) is 14.3 Å². The molecule has 0 bridgehead atoms. The zero-order valence-electron chi connectivity index (χ0n) is 8.13. The van der Waals surface area contributed by atoms with E-state index in [9.17, 15) is 9.59 Å². The summed E-state index contributed by atoms with van der Waals surface area (Å²) >= 11 is 0. The Kier molecular flexibility index (Phi) is 2.75. The normalized spacial score (nSPS) is 17.9. The van der Waals surface area contributed by atoms with Crippen LogP contribution in [-0.4, -0.2) is 26.7 Å². The van der Waals surface area contributed by atoms with Gasteiger partial charge in [0.05, 0.1) is 0 Å². The van der Waals surface area contributed by atoms with Crippen molar-refractivity contribution in [2.24, 2.45) is 5.92 Å². The van der Waals surface area contributed by atoms with E-state index >= 15 is 0 Å². The van der Waals surface area contributed by atoms with Gasteiger partial charge in [-0.05, 0) is 12.3 Å². The van der Waals surface area contributed by atoms with Crippen molar-refractivity contribution in [2.45, 2.75) is 25.8 Å². The van der Waals surface area contributed by atoms with Crippen LogP contribution in [0.3, 0.4) is 0 Å². The fraction of sp³-hybridized carbons (Fsp3) is 0.556. The van der Waals surface area contributed by atoms with Crippen LogP contribution in [0.2, 0.25) is 0 Å². The molecule has 1 aromatic heterocycles. The first-order chi connectivity index (χ1) is 7.24. The lowest BCUT2D eigenvalue weighted by molar-refractivity contribution is -0.165. The molecule has 1 fully saturated rings. The summed E-state index contributed by atoms with van der Waals surface area (Å²) in [6, 6.07) is 0. The van der Waals surface area contributed by atoms with Gasteiger partial charge in [-0.15, -0.1) is 0 Å². The number of cyclic esters (lactones) is 2. The summed E-state index contributed by atoms with van der Waals surface area (Å²) < 4.78 is 6.13. The van der Waals surface area contributed by atoms with Crippen LogP contribution < -0.4 is 0 Å². The van der Waals surface area contributed by atoms with Crippen molar-refractivity contribution in [2.75, 3.05) is 0 Å². The van der Waals surface area contributed by atoms with Crippen LogP contribution >= 0.6 is 0 Å². The van der Waals surface area contributed by atoms with Crippen molar-refractivity contribution < 1.29 is 14.3 Å². The molecule has 0 unspecified atom stereocenters. The van der Waals surface area contributed by atoms with E-state index in [4.69, 9.17) is 0 Å². The number of hydrogen-bond donors (Lipinski definition) is 0. The lowest BCUT2D eigenvalue weighted by Gasteiger charge is -2.19. The summed E-state index contributed by atoms with van der Waals surface area (Å²) in [6.45, 7) is 0.672. The highest BCUT2D eigenvalue weighted by atomic mass is 16.6. The largest absolute Gasteiger partial charge is 0.393 e. The molecule has 0 spiro atoms. The molecule has 0 aromatic carbocycles. The molecule has 2 rings (SSSR count). The molecule has 0 N–H and O–H groups in total.